The molecular formula is C14H18N2O2. The lowest BCUT2D eigenvalue weighted by atomic mass is 10.1. The van der Waals surface area contributed by atoms with Gasteiger partial charge in [0.05, 0.1) is 0 Å². The Hall–Kier alpha value is -1.99. The lowest BCUT2D eigenvalue weighted by Crippen LogP contribution is -2.34. The predicted octanol–water partition coefficient (Wildman–Crippen LogP) is 1.87. The van der Waals surface area contributed by atoms with Crippen molar-refractivity contribution in [2.24, 2.45) is 0 Å². The summed E-state index contributed by atoms with van der Waals surface area (Å²) in [6, 6.07) is 5.37. The molecule has 0 fully saturated rings. The van der Waals surface area contributed by atoms with Crippen molar-refractivity contribution in [2.75, 3.05) is 11.9 Å². The average molecular weight is 246 g/mol. The zero-order chi connectivity index (χ0) is 13.5. The number of rotatable bonds is 2. The molecule has 96 valence electrons. The SMILES string of the molecule is Cc1ccc(C#CCO)cc1NC(=O)NC(C)C. The largest absolute Gasteiger partial charge is 0.384 e. The molecule has 0 bridgehead atoms. The molecule has 18 heavy (non-hydrogen) atoms. The van der Waals surface area contributed by atoms with Gasteiger partial charge in [0.25, 0.3) is 0 Å². The van der Waals surface area contributed by atoms with Gasteiger partial charge in [-0.2, -0.15) is 0 Å². The molecule has 0 saturated carbocycles. The van der Waals surface area contributed by atoms with E-state index in [2.05, 4.69) is 22.5 Å². The van der Waals surface area contributed by atoms with Crippen LogP contribution < -0.4 is 10.6 Å². The minimum absolute atomic E-state index is 0.0858. The van der Waals surface area contributed by atoms with Crippen molar-refractivity contribution in [1.82, 2.24) is 5.32 Å². The third kappa shape index (κ3) is 4.48. The number of benzene rings is 1. The Morgan fingerprint density at radius 1 is 1.44 bits per heavy atom. The molecule has 0 aromatic heterocycles. The van der Waals surface area contributed by atoms with Gasteiger partial charge in [0.1, 0.15) is 6.61 Å². The van der Waals surface area contributed by atoms with Gasteiger partial charge in [-0.25, -0.2) is 4.79 Å². The second-order valence-electron chi connectivity index (χ2n) is 4.24. The Morgan fingerprint density at radius 3 is 2.78 bits per heavy atom. The summed E-state index contributed by atoms with van der Waals surface area (Å²) >= 11 is 0. The summed E-state index contributed by atoms with van der Waals surface area (Å²) < 4.78 is 0. The number of aliphatic hydroxyl groups excluding tert-OH is 1. The van der Waals surface area contributed by atoms with E-state index in [0.29, 0.717) is 0 Å². The first-order chi connectivity index (χ1) is 8.52. The van der Waals surface area contributed by atoms with Gasteiger partial charge in [0.15, 0.2) is 0 Å². The summed E-state index contributed by atoms with van der Waals surface area (Å²) in [5, 5.41) is 14.2. The number of anilines is 1. The Morgan fingerprint density at radius 2 is 2.17 bits per heavy atom. The van der Waals surface area contributed by atoms with E-state index in [9.17, 15) is 4.79 Å². The lowest BCUT2D eigenvalue weighted by molar-refractivity contribution is 0.250. The topological polar surface area (TPSA) is 61.4 Å². The van der Waals surface area contributed by atoms with Crippen LogP contribution in [-0.4, -0.2) is 23.8 Å². The molecule has 0 atom stereocenters. The fourth-order valence-electron chi connectivity index (χ4n) is 1.40. The van der Waals surface area contributed by atoms with E-state index >= 15 is 0 Å². The summed E-state index contributed by atoms with van der Waals surface area (Å²) in [5.74, 6) is 5.38. The maximum Gasteiger partial charge on any atom is 0.319 e. The first-order valence-corrected chi connectivity index (χ1v) is 5.81. The minimum Gasteiger partial charge on any atom is -0.384 e. The molecule has 0 aliphatic rings. The molecule has 4 heteroatoms. The van der Waals surface area contributed by atoms with E-state index in [1.165, 1.54) is 0 Å². The number of hydrogen-bond donors (Lipinski definition) is 3. The average Bonchev–Trinajstić information content (AvgIpc) is 2.29. The Labute approximate surface area is 107 Å². The fraction of sp³-hybridized carbons (Fsp3) is 0.357. The zero-order valence-corrected chi connectivity index (χ0v) is 10.9. The van der Waals surface area contributed by atoms with Crippen LogP contribution in [0.5, 0.6) is 0 Å². The molecular weight excluding hydrogens is 228 g/mol. The maximum atomic E-state index is 11.6. The van der Waals surface area contributed by atoms with E-state index in [1.807, 2.05) is 32.9 Å². The van der Waals surface area contributed by atoms with E-state index in [1.54, 1.807) is 6.07 Å². The molecule has 0 radical (unpaired) electrons. The van der Waals surface area contributed by atoms with Crippen molar-refractivity contribution < 1.29 is 9.90 Å². The Balaban J connectivity index is 2.84. The molecule has 1 rings (SSSR count). The van der Waals surface area contributed by atoms with Crippen molar-refractivity contribution in [3.63, 3.8) is 0 Å². The van der Waals surface area contributed by atoms with Crippen molar-refractivity contribution in [3.05, 3.63) is 29.3 Å². The molecule has 2 amide bonds. The van der Waals surface area contributed by atoms with Crippen LogP contribution in [0.25, 0.3) is 0 Å². The number of aliphatic hydroxyl groups is 1. The second kappa shape index (κ2) is 6.67. The number of carbonyl (C=O) groups is 1. The van der Waals surface area contributed by atoms with Crippen LogP contribution in [0, 0.1) is 18.8 Å². The Bertz CT molecular complexity index is 484. The highest BCUT2D eigenvalue weighted by atomic mass is 16.2. The minimum atomic E-state index is -0.236. The molecule has 3 N–H and O–H groups in total. The number of carbonyl (C=O) groups excluding carboxylic acids is 1. The van der Waals surface area contributed by atoms with E-state index in [0.717, 1.165) is 16.8 Å². The number of aryl methyl sites for hydroxylation is 1. The standard InChI is InChI=1S/C14H18N2O2/c1-10(2)15-14(18)16-13-9-12(5-4-8-17)7-6-11(13)3/h6-7,9-10,17H,8H2,1-3H3,(H2,15,16,18). The summed E-state index contributed by atoms with van der Waals surface area (Å²) in [6.07, 6.45) is 0. The summed E-state index contributed by atoms with van der Waals surface area (Å²) in [7, 11) is 0. The van der Waals surface area contributed by atoms with E-state index in [-0.39, 0.29) is 18.7 Å². The lowest BCUT2D eigenvalue weighted by Gasteiger charge is -2.12. The highest BCUT2D eigenvalue weighted by molar-refractivity contribution is 5.90. The van der Waals surface area contributed by atoms with Gasteiger partial charge in [0.2, 0.25) is 0 Å². The monoisotopic (exact) mass is 246 g/mol. The third-order valence-corrected chi connectivity index (χ3v) is 2.22. The summed E-state index contributed by atoms with van der Waals surface area (Å²) in [4.78, 5) is 11.6. The number of urea groups is 1. The van der Waals surface area contributed by atoms with E-state index < -0.39 is 0 Å². The van der Waals surface area contributed by atoms with Crippen LogP contribution in [-0.2, 0) is 0 Å². The zero-order valence-electron chi connectivity index (χ0n) is 10.9. The van der Waals surface area contributed by atoms with Gasteiger partial charge in [-0.1, -0.05) is 17.9 Å². The van der Waals surface area contributed by atoms with Crippen LogP contribution in [0.4, 0.5) is 10.5 Å². The molecule has 0 saturated heterocycles. The van der Waals surface area contributed by atoms with Crippen molar-refractivity contribution >= 4 is 11.7 Å². The van der Waals surface area contributed by atoms with Crippen LogP contribution in [0.2, 0.25) is 0 Å². The number of amides is 2. The molecule has 0 spiro atoms. The molecule has 1 aromatic rings. The number of hydrogen-bond acceptors (Lipinski definition) is 2. The second-order valence-corrected chi connectivity index (χ2v) is 4.24. The maximum absolute atomic E-state index is 11.6. The number of nitrogens with one attached hydrogen (secondary N) is 2. The van der Waals surface area contributed by atoms with Crippen molar-refractivity contribution in [3.8, 4) is 11.8 Å². The van der Waals surface area contributed by atoms with Crippen molar-refractivity contribution in [1.29, 1.82) is 0 Å². The first-order valence-electron chi connectivity index (χ1n) is 5.81. The molecule has 0 aliphatic carbocycles. The molecule has 0 heterocycles. The van der Waals surface area contributed by atoms with Gasteiger partial charge < -0.3 is 15.7 Å². The van der Waals surface area contributed by atoms with Crippen LogP contribution >= 0.6 is 0 Å². The van der Waals surface area contributed by atoms with Crippen LogP contribution in [0.3, 0.4) is 0 Å². The smallest absolute Gasteiger partial charge is 0.319 e. The quantitative estimate of drug-likeness (QED) is 0.698. The summed E-state index contributed by atoms with van der Waals surface area (Å²) in [5.41, 5.74) is 2.44. The van der Waals surface area contributed by atoms with Crippen molar-refractivity contribution in [2.45, 2.75) is 26.8 Å². The van der Waals surface area contributed by atoms with Gasteiger partial charge in [-0.05, 0) is 38.5 Å². The molecule has 1 aromatic carbocycles. The first kappa shape index (κ1) is 14.1. The highest BCUT2D eigenvalue weighted by Gasteiger charge is 2.05. The molecule has 4 nitrogen and oxygen atoms in total. The normalized spacial score (nSPS) is 9.61. The Kier molecular flexibility index (Phi) is 5.22. The third-order valence-electron chi connectivity index (χ3n) is 2.22. The van der Waals surface area contributed by atoms with Gasteiger partial charge in [-0.3, -0.25) is 0 Å². The highest BCUT2D eigenvalue weighted by Crippen LogP contribution is 2.16. The van der Waals surface area contributed by atoms with Crippen LogP contribution in [0.1, 0.15) is 25.0 Å². The van der Waals surface area contributed by atoms with Gasteiger partial charge >= 0.3 is 6.03 Å². The fourth-order valence-corrected chi connectivity index (χ4v) is 1.40. The summed E-state index contributed by atoms with van der Waals surface area (Å²) in [6.45, 7) is 5.53. The van der Waals surface area contributed by atoms with E-state index in [4.69, 9.17) is 5.11 Å². The van der Waals surface area contributed by atoms with Crippen LogP contribution in [0.15, 0.2) is 18.2 Å². The molecule has 0 unspecified atom stereocenters. The van der Waals surface area contributed by atoms with Gasteiger partial charge in [0, 0.05) is 17.3 Å². The van der Waals surface area contributed by atoms with Gasteiger partial charge in [-0.15, -0.1) is 0 Å². The predicted molar refractivity (Wildman–Crippen MR) is 72.4 cm³/mol. The molecule has 0 aliphatic heterocycles.